The number of hydrogen-bond donors (Lipinski definition) is 1. The molecule has 0 bridgehead atoms. The molecule has 2 amide bonds. The van der Waals surface area contributed by atoms with Crippen LogP contribution in [0.5, 0.6) is 0 Å². The number of nitrogens with zero attached hydrogens (tertiary/aromatic N) is 2. The molecule has 1 N–H and O–H groups in total. The first-order chi connectivity index (χ1) is 14.8. The molecular formula is C22H26ClN3O4S. The first kappa shape index (κ1) is 23.2. The summed E-state index contributed by atoms with van der Waals surface area (Å²) in [4.78, 5) is 26.3. The zero-order valence-corrected chi connectivity index (χ0v) is 19.0. The molecule has 0 aliphatic carbocycles. The van der Waals surface area contributed by atoms with E-state index in [0.717, 1.165) is 25.7 Å². The van der Waals surface area contributed by atoms with Gasteiger partial charge < -0.3 is 10.2 Å². The fraction of sp³-hybridized carbons (Fsp3) is 0.364. The molecule has 0 radical (unpaired) electrons. The third-order valence-electron chi connectivity index (χ3n) is 5.14. The summed E-state index contributed by atoms with van der Waals surface area (Å²) < 4.78 is 27.2. The van der Waals surface area contributed by atoms with Crippen molar-refractivity contribution >= 4 is 39.1 Å². The molecule has 1 heterocycles. The molecule has 1 aliphatic heterocycles. The highest BCUT2D eigenvalue weighted by molar-refractivity contribution is 7.89. The summed E-state index contributed by atoms with van der Waals surface area (Å²) >= 11 is 5.91. The third-order valence-corrected chi connectivity index (χ3v) is 7.29. The van der Waals surface area contributed by atoms with Crippen LogP contribution in [0.25, 0.3) is 0 Å². The maximum Gasteiger partial charge on any atom is 0.254 e. The number of carbonyl (C=O) groups excluding carboxylic acids is 2. The molecule has 1 fully saturated rings. The Bertz CT molecular complexity index is 1030. The van der Waals surface area contributed by atoms with Crippen molar-refractivity contribution in [1.29, 1.82) is 0 Å². The van der Waals surface area contributed by atoms with Crippen molar-refractivity contribution in [3.63, 3.8) is 0 Å². The molecule has 0 atom stereocenters. The van der Waals surface area contributed by atoms with Gasteiger partial charge in [0, 0.05) is 36.4 Å². The summed E-state index contributed by atoms with van der Waals surface area (Å²) in [6.07, 6.45) is 3.79. The predicted molar refractivity (Wildman–Crippen MR) is 121 cm³/mol. The Morgan fingerprint density at radius 3 is 2.29 bits per heavy atom. The van der Waals surface area contributed by atoms with Crippen molar-refractivity contribution < 1.29 is 18.0 Å². The first-order valence-corrected chi connectivity index (χ1v) is 12.0. The number of amides is 2. The van der Waals surface area contributed by atoms with E-state index in [2.05, 4.69) is 5.32 Å². The maximum absolute atomic E-state index is 12.9. The molecule has 0 spiro atoms. The molecule has 3 rings (SSSR count). The van der Waals surface area contributed by atoms with Crippen LogP contribution in [0.2, 0.25) is 5.02 Å². The van der Waals surface area contributed by atoms with Crippen molar-refractivity contribution in [3.8, 4) is 0 Å². The molecular weight excluding hydrogens is 438 g/mol. The van der Waals surface area contributed by atoms with Gasteiger partial charge in [-0.1, -0.05) is 30.5 Å². The molecule has 2 aromatic carbocycles. The van der Waals surface area contributed by atoms with Crippen LogP contribution < -0.4 is 5.32 Å². The molecule has 1 saturated heterocycles. The van der Waals surface area contributed by atoms with Gasteiger partial charge in [0.1, 0.15) is 0 Å². The van der Waals surface area contributed by atoms with Crippen molar-refractivity contribution in [2.75, 3.05) is 32.0 Å². The largest absolute Gasteiger partial charge is 0.332 e. The van der Waals surface area contributed by atoms with E-state index in [0.29, 0.717) is 29.4 Å². The van der Waals surface area contributed by atoms with Gasteiger partial charge in [-0.15, -0.1) is 0 Å². The van der Waals surface area contributed by atoms with Gasteiger partial charge in [0.25, 0.3) is 5.91 Å². The standard InChI is InChI=1S/C22H26ClN3O4S/c1-25(16-21(27)24-19-8-6-7-18(23)15-19)22(28)17-9-11-20(12-10-17)31(29,30)26-13-4-2-3-5-14-26/h6-12,15H,2-5,13-14,16H2,1H3,(H,24,27). The van der Waals surface area contributed by atoms with E-state index in [1.165, 1.54) is 40.5 Å². The normalized spacial score (nSPS) is 15.2. The van der Waals surface area contributed by atoms with Crippen LogP contribution >= 0.6 is 11.6 Å². The van der Waals surface area contributed by atoms with Crippen LogP contribution in [-0.2, 0) is 14.8 Å². The molecule has 166 valence electrons. The van der Waals surface area contributed by atoms with Crippen LogP contribution in [0.1, 0.15) is 36.0 Å². The van der Waals surface area contributed by atoms with E-state index < -0.39 is 10.0 Å². The minimum Gasteiger partial charge on any atom is -0.332 e. The number of likely N-dealkylation sites (N-methyl/N-ethyl adjacent to an activating group) is 1. The van der Waals surface area contributed by atoms with Crippen molar-refractivity contribution in [2.45, 2.75) is 30.6 Å². The molecule has 0 aromatic heterocycles. The second kappa shape index (κ2) is 10.3. The van der Waals surface area contributed by atoms with E-state index in [4.69, 9.17) is 11.6 Å². The maximum atomic E-state index is 12.9. The Labute approximate surface area is 188 Å². The summed E-state index contributed by atoms with van der Waals surface area (Å²) in [6, 6.07) is 12.6. The number of nitrogens with one attached hydrogen (secondary N) is 1. The van der Waals surface area contributed by atoms with Crippen LogP contribution in [0.15, 0.2) is 53.4 Å². The number of anilines is 1. The summed E-state index contributed by atoms with van der Waals surface area (Å²) in [5.74, 6) is -0.738. The van der Waals surface area contributed by atoms with Gasteiger partial charge >= 0.3 is 0 Å². The Hall–Kier alpha value is -2.42. The number of hydrogen-bond acceptors (Lipinski definition) is 4. The topological polar surface area (TPSA) is 86.8 Å². The minimum absolute atomic E-state index is 0.154. The van der Waals surface area contributed by atoms with E-state index in [1.54, 1.807) is 24.3 Å². The Balaban J connectivity index is 1.63. The Kier molecular flexibility index (Phi) is 7.69. The lowest BCUT2D eigenvalue weighted by molar-refractivity contribution is -0.116. The molecule has 31 heavy (non-hydrogen) atoms. The van der Waals surface area contributed by atoms with Crippen LogP contribution in [0, 0.1) is 0 Å². The molecule has 2 aromatic rings. The monoisotopic (exact) mass is 463 g/mol. The number of benzene rings is 2. The number of carbonyl (C=O) groups is 2. The van der Waals surface area contributed by atoms with E-state index in [9.17, 15) is 18.0 Å². The fourth-order valence-corrected chi connectivity index (χ4v) is 5.18. The highest BCUT2D eigenvalue weighted by Gasteiger charge is 2.25. The van der Waals surface area contributed by atoms with Crippen LogP contribution in [-0.4, -0.2) is 56.1 Å². The zero-order chi connectivity index (χ0) is 22.4. The number of rotatable bonds is 6. The lowest BCUT2D eigenvalue weighted by Gasteiger charge is -2.20. The van der Waals surface area contributed by atoms with Crippen molar-refractivity contribution in [2.24, 2.45) is 0 Å². The summed E-state index contributed by atoms with van der Waals surface area (Å²) in [5.41, 5.74) is 0.856. The van der Waals surface area contributed by atoms with E-state index >= 15 is 0 Å². The predicted octanol–water partition coefficient (Wildman–Crippen LogP) is 3.62. The van der Waals surface area contributed by atoms with Gasteiger partial charge in [0.15, 0.2) is 0 Å². The van der Waals surface area contributed by atoms with Crippen LogP contribution in [0.3, 0.4) is 0 Å². The fourth-order valence-electron chi connectivity index (χ4n) is 3.47. The van der Waals surface area contributed by atoms with Gasteiger partial charge in [-0.3, -0.25) is 9.59 Å². The molecule has 0 unspecified atom stereocenters. The zero-order valence-electron chi connectivity index (χ0n) is 17.4. The first-order valence-electron chi connectivity index (χ1n) is 10.2. The summed E-state index contributed by atoms with van der Waals surface area (Å²) in [6.45, 7) is 0.889. The quantitative estimate of drug-likeness (QED) is 0.708. The molecule has 7 nitrogen and oxygen atoms in total. The van der Waals surface area contributed by atoms with Crippen molar-refractivity contribution in [1.82, 2.24) is 9.21 Å². The van der Waals surface area contributed by atoms with Gasteiger partial charge in [-0.05, 0) is 55.3 Å². The summed E-state index contributed by atoms with van der Waals surface area (Å²) in [5, 5.41) is 3.19. The van der Waals surface area contributed by atoms with Gasteiger partial charge in [0.2, 0.25) is 15.9 Å². The smallest absolute Gasteiger partial charge is 0.254 e. The third kappa shape index (κ3) is 6.06. The number of halogens is 1. The minimum atomic E-state index is -3.57. The second-order valence-electron chi connectivity index (χ2n) is 7.56. The van der Waals surface area contributed by atoms with Gasteiger partial charge in [-0.2, -0.15) is 4.31 Å². The average Bonchev–Trinajstić information content (AvgIpc) is 3.03. The second-order valence-corrected chi connectivity index (χ2v) is 9.94. The van der Waals surface area contributed by atoms with E-state index in [-0.39, 0.29) is 23.3 Å². The highest BCUT2D eigenvalue weighted by atomic mass is 35.5. The molecule has 1 aliphatic rings. The van der Waals surface area contributed by atoms with E-state index in [1.807, 2.05) is 0 Å². The van der Waals surface area contributed by atoms with Crippen LogP contribution in [0.4, 0.5) is 5.69 Å². The lowest BCUT2D eigenvalue weighted by Crippen LogP contribution is -2.35. The lowest BCUT2D eigenvalue weighted by atomic mass is 10.2. The number of sulfonamides is 1. The Morgan fingerprint density at radius 2 is 1.68 bits per heavy atom. The molecule has 0 saturated carbocycles. The summed E-state index contributed by atoms with van der Waals surface area (Å²) in [7, 11) is -2.06. The van der Waals surface area contributed by atoms with Crippen molar-refractivity contribution in [3.05, 3.63) is 59.1 Å². The average molecular weight is 464 g/mol. The van der Waals surface area contributed by atoms with Gasteiger partial charge in [0.05, 0.1) is 11.4 Å². The SMILES string of the molecule is CN(CC(=O)Nc1cccc(Cl)c1)C(=O)c1ccc(S(=O)(=O)N2CCCCCC2)cc1. The highest BCUT2D eigenvalue weighted by Crippen LogP contribution is 2.21. The molecule has 9 heteroatoms. The van der Waals surface area contributed by atoms with Gasteiger partial charge in [-0.25, -0.2) is 8.42 Å². The Morgan fingerprint density at radius 1 is 1.03 bits per heavy atom.